The highest BCUT2D eigenvalue weighted by Gasteiger charge is 2.09. The van der Waals surface area contributed by atoms with E-state index in [0.717, 1.165) is 5.69 Å². The Morgan fingerprint density at radius 1 is 1.53 bits per heavy atom. The third kappa shape index (κ3) is 3.49. The zero-order chi connectivity index (χ0) is 11.3. The molecule has 0 aromatic carbocycles. The Labute approximate surface area is 85.7 Å². The lowest BCUT2D eigenvalue weighted by Crippen LogP contribution is -2.29. The van der Waals surface area contributed by atoms with Gasteiger partial charge in [-0.2, -0.15) is 0 Å². The monoisotopic (exact) mass is 215 g/mol. The second kappa shape index (κ2) is 5.23. The maximum atomic E-state index is 11.8. The van der Waals surface area contributed by atoms with Crippen molar-refractivity contribution in [2.24, 2.45) is 0 Å². The highest BCUT2D eigenvalue weighted by molar-refractivity contribution is 5.92. The summed E-state index contributed by atoms with van der Waals surface area (Å²) in [5, 5.41) is 4.89. The number of alkyl halides is 2. The zero-order valence-electron chi connectivity index (χ0n) is 8.13. The largest absolute Gasteiger partial charge is 0.387 e. The first-order valence-electron chi connectivity index (χ1n) is 4.33. The van der Waals surface area contributed by atoms with Gasteiger partial charge in [-0.3, -0.25) is 4.79 Å². The fourth-order valence-corrected chi connectivity index (χ4v) is 0.936. The van der Waals surface area contributed by atoms with E-state index in [1.807, 2.05) is 0 Å². The first-order valence-corrected chi connectivity index (χ1v) is 4.33. The van der Waals surface area contributed by atoms with Gasteiger partial charge in [0.1, 0.15) is 5.69 Å². The summed E-state index contributed by atoms with van der Waals surface area (Å²) in [6.45, 7) is -0.658. The predicted octanol–water partition coefficient (Wildman–Crippen LogP) is 1.12. The predicted molar refractivity (Wildman–Crippen MR) is 52.1 cm³/mol. The summed E-state index contributed by atoms with van der Waals surface area (Å²) in [5.41, 5.74) is 0.870. The molecule has 1 rings (SSSR count). The van der Waals surface area contributed by atoms with E-state index in [9.17, 15) is 13.6 Å². The molecule has 0 spiro atoms. The van der Waals surface area contributed by atoms with Gasteiger partial charge >= 0.3 is 0 Å². The van der Waals surface area contributed by atoms with Crippen molar-refractivity contribution in [2.75, 3.05) is 18.9 Å². The van der Waals surface area contributed by atoms with Crippen LogP contribution in [0.3, 0.4) is 0 Å². The van der Waals surface area contributed by atoms with Crippen molar-refractivity contribution in [1.29, 1.82) is 0 Å². The van der Waals surface area contributed by atoms with Gasteiger partial charge in [-0.05, 0) is 12.1 Å². The van der Waals surface area contributed by atoms with Gasteiger partial charge in [0.2, 0.25) is 0 Å². The normalized spacial score (nSPS) is 10.1. The fourth-order valence-electron chi connectivity index (χ4n) is 0.936. The van der Waals surface area contributed by atoms with Crippen LogP contribution in [0, 0.1) is 0 Å². The van der Waals surface area contributed by atoms with E-state index in [2.05, 4.69) is 15.6 Å². The Balaban J connectivity index is 2.58. The molecule has 15 heavy (non-hydrogen) atoms. The van der Waals surface area contributed by atoms with Crippen LogP contribution in [0.1, 0.15) is 10.5 Å². The molecule has 0 saturated heterocycles. The number of nitrogens with one attached hydrogen (secondary N) is 2. The number of halogens is 2. The highest BCUT2D eigenvalue weighted by Crippen LogP contribution is 2.04. The molecule has 6 heteroatoms. The van der Waals surface area contributed by atoms with Gasteiger partial charge in [-0.1, -0.05) is 0 Å². The van der Waals surface area contributed by atoms with Crippen molar-refractivity contribution in [2.45, 2.75) is 6.43 Å². The molecule has 4 nitrogen and oxygen atoms in total. The standard InChI is InChI=1S/C9H11F2N3O/c1-12-6-2-3-7(13-4-6)9(15)14-5-8(10)11/h2-4,8,12H,5H2,1H3,(H,14,15). The van der Waals surface area contributed by atoms with Crippen LogP contribution in [0.2, 0.25) is 0 Å². The summed E-state index contributed by atoms with van der Waals surface area (Å²) in [5.74, 6) is -0.599. The molecule has 2 N–H and O–H groups in total. The summed E-state index contributed by atoms with van der Waals surface area (Å²) in [7, 11) is 1.72. The number of rotatable bonds is 4. The first-order chi connectivity index (χ1) is 7.13. The van der Waals surface area contributed by atoms with Crippen LogP contribution in [0.25, 0.3) is 0 Å². The van der Waals surface area contributed by atoms with Gasteiger partial charge in [-0.15, -0.1) is 0 Å². The topological polar surface area (TPSA) is 54.0 Å². The van der Waals surface area contributed by atoms with E-state index in [1.165, 1.54) is 12.3 Å². The molecule has 0 bridgehead atoms. The maximum absolute atomic E-state index is 11.8. The van der Waals surface area contributed by atoms with Crippen molar-refractivity contribution in [1.82, 2.24) is 10.3 Å². The molecule has 0 fully saturated rings. The Kier molecular flexibility index (Phi) is 3.96. The maximum Gasteiger partial charge on any atom is 0.270 e. The van der Waals surface area contributed by atoms with E-state index in [4.69, 9.17) is 0 Å². The van der Waals surface area contributed by atoms with Crippen LogP contribution in [-0.4, -0.2) is 30.9 Å². The van der Waals surface area contributed by atoms with Crippen molar-refractivity contribution in [3.63, 3.8) is 0 Å². The van der Waals surface area contributed by atoms with E-state index >= 15 is 0 Å². The molecule has 1 amide bonds. The third-order valence-corrected chi connectivity index (χ3v) is 1.70. The minimum atomic E-state index is -2.55. The van der Waals surface area contributed by atoms with E-state index < -0.39 is 18.9 Å². The molecule has 82 valence electrons. The van der Waals surface area contributed by atoms with Crippen LogP contribution in [-0.2, 0) is 0 Å². The molecular formula is C9H11F2N3O. The smallest absolute Gasteiger partial charge is 0.270 e. The number of aromatic nitrogens is 1. The average molecular weight is 215 g/mol. The van der Waals surface area contributed by atoms with Gasteiger partial charge < -0.3 is 10.6 Å². The highest BCUT2D eigenvalue weighted by atomic mass is 19.3. The molecule has 0 aliphatic carbocycles. The minimum Gasteiger partial charge on any atom is -0.387 e. The molecule has 0 radical (unpaired) electrons. The van der Waals surface area contributed by atoms with Crippen molar-refractivity contribution in [3.05, 3.63) is 24.0 Å². The number of amides is 1. The molecule has 1 aromatic rings. The number of pyridine rings is 1. The SMILES string of the molecule is CNc1ccc(C(=O)NCC(F)F)nc1. The number of anilines is 1. The number of carbonyl (C=O) groups excluding carboxylic acids is 1. The number of carbonyl (C=O) groups is 1. The van der Waals surface area contributed by atoms with Gasteiger partial charge in [-0.25, -0.2) is 13.8 Å². The molecule has 1 heterocycles. The molecule has 0 atom stereocenters. The lowest BCUT2D eigenvalue weighted by molar-refractivity contribution is 0.0887. The van der Waals surface area contributed by atoms with Crippen molar-refractivity contribution < 1.29 is 13.6 Å². The lowest BCUT2D eigenvalue weighted by Gasteiger charge is -2.04. The van der Waals surface area contributed by atoms with Gasteiger partial charge in [0.15, 0.2) is 0 Å². The second-order valence-corrected chi connectivity index (χ2v) is 2.78. The minimum absolute atomic E-state index is 0.120. The van der Waals surface area contributed by atoms with Crippen molar-refractivity contribution in [3.8, 4) is 0 Å². The number of hydrogen-bond acceptors (Lipinski definition) is 3. The van der Waals surface area contributed by atoms with Gasteiger partial charge in [0, 0.05) is 7.05 Å². The summed E-state index contributed by atoms with van der Waals surface area (Å²) < 4.78 is 23.6. The van der Waals surface area contributed by atoms with E-state index in [0.29, 0.717) is 0 Å². The quantitative estimate of drug-likeness (QED) is 0.791. The van der Waals surface area contributed by atoms with Crippen LogP contribution in [0.5, 0.6) is 0 Å². The fraction of sp³-hybridized carbons (Fsp3) is 0.333. The van der Waals surface area contributed by atoms with Crippen LogP contribution in [0.15, 0.2) is 18.3 Å². The molecule has 0 saturated carbocycles. The van der Waals surface area contributed by atoms with Crippen LogP contribution < -0.4 is 10.6 Å². The van der Waals surface area contributed by atoms with Crippen LogP contribution >= 0.6 is 0 Å². The van der Waals surface area contributed by atoms with Crippen LogP contribution in [0.4, 0.5) is 14.5 Å². The van der Waals surface area contributed by atoms with E-state index in [1.54, 1.807) is 13.1 Å². The zero-order valence-corrected chi connectivity index (χ0v) is 8.13. The molecule has 0 aliphatic rings. The van der Waals surface area contributed by atoms with E-state index in [-0.39, 0.29) is 5.69 Å². The Bertz CT molecular complexity index is 327. The summed E-state index contributed by atoms with van der Waals surface area (Å²) in [4.78, 5) is 15.0. The summed E-state index contributed by atoms with van der Waals surface area (Å²) >= 11 is 0. The third-order valence-electron chi connectivity index (χ3n) is 1.70. The second-order valence-electron chi connectivity index (χ2n) is 2.78. The van der Waals surface area contributed by atoms with Crippen molar-refractivity contribution >= 4 is 11.6 Å². The van der Waals surface area contributed by atoms with Gasteiger partial charge in [0.05, 0.1) is 18.4 Å². The lowest BCUT2D eigenvalue weighted by atomic mass is 10.3. The Morgan fingerprint density at radius 2 is 2.27 bits per heavy atom. The van der Waals surface area contributed by atoms with Gasteiger partial charge in [0.25, 0.3) is 12.3 Å². The Hall–Kier alpha value is -1.72. The molecule has 0 unspecified atom stereocenters. The molecule has 1 aromatic heterocycles. The molecule has 0 aliphatic heterocycles. The summed E-state index contributed by atoms with van der Waals surface area (Å²) in [6.07, 6.45) is -1.09. The average Bonchev–Trinajstić information content (AvgIpc) is 2.26. The molecular weight excluding hydrogens is 204 g/mol. The summed E-state index contributed by atoms with van der Waals surface area (Å²) in [6, 6.07) is 3.11. The first kappa shape index (κ1) is 11.4. The Morgan fingerprint density at radius 3 is 2.73 bits per heavy atom. The number of nitrogens with zero attached hydrogens (tertiary/aromatic N) is 1. The number of hydrogen-bond donors (Lipinski definition) is 2.